The molecule has 1 aliphatic heterocycles. The van der Waals surface area contributed by atoms with Crippen LogP contribution in [0.2, 0.25) is 10.0 Å². The molecule has 0 radical (unpaired) electrons. The Kier molecular flexibility index (Phi) is 6.35. The number of aromatic nitrogens is 3. The number of pyridine rings is 1. The highest BCUT2D eigenvalue weighted by molar-refractivity contribution is 6.35. The summed E-state index contributed by atoms with van der Waals surface area (Å²) in [6.07, 6.45) is 1.92. The zero-order valence-corrected chi connectivity index (χ0v) is 19.4. The fourth-order valence-corrected chi connectivity index (χ4v) is 4.42. The van der Waals surface area contributed by atoms with E-state index in [4.69, 9.17) is 28.5 Å². The number of hydrogen-bond acceptors (Lipinski definition) is 5. The van der Waals surface area contributed by atoms with Gasteiger partial charge in [0.1, 0.15) is 5.82 Å². The molecule has 1 saturated heterocycles. The number of carbonyl (C=O) groups excluding carboxylic acids is 1. The van der Waals surface area contributed by atoms with Crippen molar-refractivity contribution in [3.8, 4) is 11.8 Å². The van der Waals surface area contributed by atoms with Crippen molar-refractivity contribution in [2.75, 3.05) is 31.1 Å². The molecule has 0 atom stereocenters. The first-order chi connectivity index (χ1) is 15.4. The van der Waals surface area contributed by atoms with Crippen molar-refractivity contribution in [3.63, 3.8) is 0 Å². The molecule has 0 spiro atoms. The van der Waals surface area contributed by atoms with Crippen LogP contribution in [-0.4, -0.2) is 51.8 Å². The Bertz CT molecular complexity index is 1210. The van der Waals surface area contributed by atoms with E-state index in [1.54, 1.807) is 35.1 Å². The molecule has 2 aromatic heterocycles. The fourth-order valence-electron chi connectivity index (χ4n) is 3.93. The van der Waals surface area contributed by atoms with Gasteiger partial charge in [-0.3, -0.25) is 4.79 Å². The minimum Gasteiger partial charge on any atom is -0.353 e. The Hall–Kier alpha value is -3.08. The van der Waals surface area contributed by atoms with Crippen molar-refractivity contribution < 1.29 is 4.79 Å². The van der Waals surface area contributed by atoms with Gasteiger partial charge in [0.2, 0.25) is 5.91 Å². The van der Waals surface area contributed by atoms with Crippen LogP contribution >= 0.6 is 23.2 Å². The quantitative estimate of drug-likeness (QED) is 0.578. The monoisotopic (exact) mass is 468 g/mol. The molecule has 4 rings (SSSR count). The average Bonchev–Trinajstić information content (AvgIpc) is 3.07. The zero-order chi connectivity index (χ0) is 22.8. The number of amides is 1. The molecule has 0 saturated carbocycles. The summed E-state index contributed by atoms with van der Waals surface area (Å²) in [4.78, 5) is 21.4. The van der Waals surface area contributed by atoms with Crippen LogP contribution in [0, 0.1) is 25.2 Å². The van der Waals surface area contributed by atoms with E-state index in [0.717, 1.165) is 28.5 Å². The van der Waals surface area contributed by atoms with E-state index in [1.807, 2.05) is 24.8 Å². The van der Waals surface area contributed by atoms with Gasteiger partial charge < -0.3 is 9.80 Å². The summed E-state index contributed by atoms with van der Waals surface area (Å²) in [6.45, 7) is 6.40. The summed E-state index contributed by atoms with van der Waals surface area (Å²) in [6, 6.07) is 10.9. The van der Waals surface area contributed by atoms with Gasteiger partial charge >= 0.3 is 0 Å². The third-order valence-electron chi connectivity index (χ3n) is 5.74. The van der Waals surface area contributed by atoms with Gasteiger partial charge in [0.05, 0.1) is 34.5 Å². The van der Waals surface area contributed by atoms with Gasteiger partial charge in [-0.1, -0.05) is 23.2 Å². The molecule has 3 heterocycles. The predicted octanol–water partition coefficient (Wildman–Crippen LogP) is 3.95. The highest BCUT2D eigenvalue weighted by atomic mass is 35.5. The third kappa shape index (κ3) is 4.43. The molecule has 3 aromatic rings. The van der Waals surface area contributed by atoms with Gasteiger partial charge in [-0.05, 0) is 44.2 Å². The number of hydrogen-bond donors (Lipinski definition) is 0. The molecule has 0 unspecified atom stereocenters. The Morgan fingerprint density at radius 1 is 1.12 bits per heavy atom. The van der Waals surface area contributed by atoms with Crippen molar-refractivity contribution in [1.82, 2.24) is 19.7 Å². The smallest absolute Gasteiger partial charge is 0.227 e. The number of rotatable bonds is 4. The number of piperazine rings is 1. The molecule has 1 aromatic carbocycles. The third-order valence-corrected chi connectivity index (χ3v) is 6.28. The number of halogens is 2. The summed E-state index contributed by atoms with van der Waals surface area (Å²) in [7, 11) is 0. The first kappa shape index (κ1) is 22.1. The second kappa shape index (κ2) is 9.19. The number of anilines is 1. The Morgan fingerprint density at radius 3 is 2.56 bits per heavy atom. The lowest BCUT2D eigenvalue weighted by molar-refractivity contribution is -0.130. The van der Waals surface area contributed by atoms with E-state index >= 15 is 0 Å². The maximum Gasteiger partial charge on any atom is 0.227 e. The largest absolute Gasteiger partial charge is 0.353 e. The molecular weight excluding hydrogens is 447 g/mol. The number of nitriles is 1. The first-order valence-electron chi connectivity index (χ1n) is 10.3. The maximum atomic E-state index is 13.0. The minimum atomic E-state index is 0.0661. The van der Waals surface area contributed by atoms with Crippen molar-refractivity contribution in [2.24, 2.45) is 0 Å². The highest BCUT2D eigenvalue weighted by Gasteiger charge is 2.24. The molecule has 0 N–H and O–H groups in total. The van der Waals surface area contributed by atoms with Crippen LogP contribution in [0.15, 0.2) is 36.5 Å². The van der Waals surface area contributed by atoms with Crippen LogP contribution in [0.4, 0.5) is 5.82 Å². The summed E-state index contributed by atoms with van der Waals surface area (Å²) >= 11 is 12.4. The molecule has 1 fully saturated rings. The topological polar surface area (TPSA) is 78.0 Å². The lowest BCUT2D eigenvalue weighted by Gasteiger charge is -2.35. The van der Waals surface area contributed by atoms with Crippen molar-refractivity contribution in [3.05, 3.63) is 69.1 Å². The van der Waals surface area contributed by atoms with Crippen LogP contribution in [0.5, 0.6) is 0 Å². The second-order valence-electron chi connectivity index (χ2n) is 7.72. The van der Waals surface area contributed by atoms with Crippen molar-refractivity contribution >= 4 is 34.9 Å². The van der Waals surface area contributed by atoms with Gasteiger partial charge in [0, 0.05) is 48.7 Å². The minimum absolute atomic E-state index is 0.0661. The van der Waals surface area contributed by atoms with E-state index in [2.05, 4.69) is 21.1 Å². The van der Waals surface area contributed by atoms with Crippen molar-refractivity contribution in [1.29, 1.82) is 5.26 Å². The summed E-state index contributed by atoms with van der Waals surface area (Å²) < 4.78 is 1.77. The standard InChI is InChI=1S/C23H22Cl2N6O/c1-15-19(16(2)31(28-15)21-4-3-18(24)12-20(21)25)13-23(32)30-9-7-29(8-10-30)22-11-17(14-26)5-6-27-22/h3-6,11-12H,7-10,13H2,1-2H3. The van der Waals surface area contributed by atoms with E-state index in [0.29, 0.717) is 41.8 Å². The molecule has 0 aliphatic carbocycles. The summed E-state index contributed by atoms with van der Waals surface area (Å²) in [5, 5.41) is 14.8. The van der Waals surface area contributed by atoms with Crippen molar-refractivity contribution in [2.45, 2.75) is 20.3 Å². The molecular formula is C23H22Cl2N6O. The molecule has 1 aliphatic rings. The molecule has 164 valence electrons. The number of benzene rings is 1. The Labute approximate surface area is 196 Å². The Balaban J connectivity index is 1.45. The lowest BCUT2D eigenvalue weighted by atomic mass is 10.1. The first-order valence-corrected chi connectivity index (χ1v) is 11.0. The van der Waals surface area contributed by atoms with Gasteiger partial charge in [-0.25, -0.2) is 9.67 Å². The number of carbonyl (C=O) groups is 1. The van der Waals surface area contributed by atoms with Crippen LogP contribution in [0.3, 0.4) is 0 Å². The van der Waals surface area contributed by atoms with Gasteiger partial charge in [-0.15, -0.1) is 0 Å². The summed E-state index contributed by atoms with van der Waals surface area (Å²) in [5.41, 5.74) is 3.91. The number of nitrogens with zero attached hydrogens (tertiary/aromatic N) is 6. The zero-order valence-electron chi connectivity index (χ0n) is 17.8. The van der Waals surface area contributed by atoms with E-state index in [1.165, 1.54) is 0 Å². The molecule has 0 bridgehead atoms. The lowest BCUT2D eigenvalue weighted by Crippen LogP contribution is -2.49. The SMILES string of the molecule is Cc1nn(-c2ccc(Cl)cc2Cl)c(C)c1CC(=O)N1CCN(c2cc(C#N)ccn2)CC1. The van der Waals surface area contributed by atoms with E-state index < -0.39 is 0 Å². The normalized spacial score (nSPS) is 13.8. The van der Waals surface area contributed by atoms with Gasteiger partial charge in [0.25, 0.3) is 0 Å². The number of aryl methyl sites for hydroxylation is 1. The molecule has 1 amide bonds. The van der Waals surface area contributed by atoms with Gasteiger partial charge in [0.15, 0.2) is 0 Å². The second-order valence-corrected chi connectivity index (χ2v) is 8.56. The fraction of sp³-hybridized carbons (Fsp3) is 0.304. The summed E-state index contributed by atoms with van der Waals surface area (Å²) in [5.74, 6) is 0.834. The average molecular weight is 469 g/mol. The highest BCUT2D eigenvalue weighted by Crippen LogP contribution is 2.27. The van der Waals surface area contributed by atoms with Crippen LogP contribution in [0.1, 0.15) is 22.5 Å². The van der Waals surface area contributed by atoms with E-state index in [-0.39, 0.29) is 12.3 Å². The predicted molar refractivity (Wildman–Crippen MR) is 125 cm³/mol. The maximum absolute atomic E-state index is 13.0. The molecule has 32 heavy (non-hydrogen) atoms. The molecule has 7 nitrogen and oxygen atoms in total. The van der Waals surface area contributed by atoms with E-state index in [9.17, 15) is 4.79 Å². The van der Waals surface area contributed by atoms with Crippen LogP contribution in [-0.2, 0) is 11.2 Å². The van der Waals surface area contributed by atoms with Crippen LogP contribution < -0.4 is 4.90 Å². The van der Waals surface area contributed by atoms with Gasteiger partial charge in [-0.2, -0.15) is 10.4 Å². The Morgan fingerprint density at radius 2 is 1.88 bits per heavy atom. The van der Waals surface area contributed by atoms with Crippen LogP contribution in [0.25, 0.3) is 5.69 Å². The molecule has 9 heteroatoms.